The highest BCUT2D eigenvalue weighted by Crippen LogP contribution is 2.19. The van der Waals surface area contributed by atoms with E-state index < -0.39 is 21.1 Å². The summed E-state index contributed by atoms with van der Waals surface area (Å²) in [6.45, 7) is 5.33. The molecule has 100 valence electrons. The Labute approximate surface area is 108 Å². The zero-order valence-electron chi connectivity index (χ0n) is 10.8. The third kappa shape index (κ3) is 3.32. The van der Waals surface area contributed by atoms with Crippen LogP contribution in [0.15, 0.2) is 24.3 Å². The van der Waals surface area contributed by atoms with Gasteiger partial charge in [-0.2, -0.15) is 0 Å². The van der Waals surface area contributed by atoms with E-state index in [1.54, 1.807) is 25.1 Å². The molecule has 0 aromatic heterocycles. The second kappa shape index (κ2) is 5.52. The van der Waals surface area contributed by atoms with Gasteiger partial charge in [0.1, 0.15) is 0 Å². The molecule has 0 aliphatic carbocycles. The molecule has 0 fully saturated rings. The van der Waals surface area contributed by atoms with Crippen LogP contribution in [0.1, 0.15) is 36.7 Å². The lowest BCUT2D eigenvalue weighted by Crippen LogP contribution is -2.25. The van der Waals surface area contributed by atoms with Gasteiger partial charge in [0.15, 0.2) is 9.84 Å². The summed E-state index contributed by atoms with van der Waals surface area (Å²) in [6.07, 6.45) is 0. The lowest BCUT2D eigenvalue weighted by atomic mass is 10.1. The van der Waals surface area contributed by atoms with Crippen molar-refractivity contribution in [3.05, 3.63) is 35.4 Å². The van der Waals surface area contributed by atoms with Crippen molar-refractivity contribution in [1.82, 2.24) is 0 Å². The first kappa shape index (κ1) is 14.7. The summed E-state index contributed by atoms with van der Waals surface area (Å²) < 4.78 is 24.2. The standard InChI is InChI=1S/C13H18O4S/c1-9(2)10(3)18(16,17)8-11-6-4-5-7-12(11)13(14)15/h4-7,9-10H,8H2,1-3H3,(H,14,15). The predicted molar refractivity (Wildman–Crippen MR) is 70.3 cm³/mol. The smallest absolute Gasteiger partial charge is 0.335 e. The van der Waals surface area contributed by atoms with Crippen LogP contribution >= 0.6 is 0 Å². The molecule has 0 heterocycles. The molecule has 1 aromatic carbocycles. The van der Waals surface area contributed by atoms with Gasteiger partial charge in [-0.25, -0.2) is 13.2 Å². The van der Waals surface area contributed by atoms with E-state index in [4.69, 9.17) is 5.11 Å². The van der Waals surface area contributed by atoms with E-state index in [1.807, 2.05) is 13.8 Å². The van der Waals surface area contributed by atoms with Gasteiger partial charge in [0.05, 0.1) is 16.6 Å². The molecule has 0 spiro atoms. The molecular weight excluding hydrogens is 252 g/mol. The van der Waals surface area contributed by atoms with Crippen LogP contribution in [0.25, 0.3) is 0 Å². The largest absolute Gasteiger partial charge is 0.478 e. The van der Waals surface area contributed by atoms with Gasteiger partial charge in [-0.15, -0.1) is 0 Å². The first-order valence-corrected chi connectivity index (χ1v) is 7.50. The first-order chi connectivity index (χ1) is 8.25. The molecule has 0 radical (unpaired) electrons. The number of carbonyl (C=O) groups is 1. The number of carboxylic acid groups (broad SMARTS) is 1. The minimum Gasteiger partial charge on any atom is -0.478 e. The Bertz CT molecular complexity index is 532. The van der Waals surface area contributed by atoms with Crippen molar-refractivity contribution < 1.29 is 18.3 Å². The Kier molecular flexibility index (Phi) is 4.51. The lowest BCUT2D eigenvalue weighted by Gasteiger charge is -2.17. The predicted octanol–water partition coefficient (Wildman–Crippen LogP) is 2.34. The van der Waals surface area contributed by atoms with E-state index in [1.165, 1.54) is 6.07 Å². The topological polar surface area (TPSA) is 71.4 Å². The second-order valence-corrected chi connectivity index (χ2v) is 7.08. The van der Waals surface area contributed by atoms with Crippen molar-refractivity contribution in [3.63, 3.8) is 0 Å². The third-order valence-electron chi connectivity index (χ3n) is 3.11. The normalized spacial score (nSPS) is 13.6. The van der Waals surface area contributed by atoms with Crippen LogP contribution in [0.3, 0.4) is 0 Å². The number of carboxylic acids is 1. The van der Waals surface area contributed by atoms with Crippen LogP contribution in [0.4, 0.5) is 0 Å². The summed E-state index contributed by atoms with van der Waals surface area (Å²) in [5, 5.41) is 8.53. The maximum absolute atomic E-state index is 12.1. The molecule has 1 unspecified atom stereocenters. The van der Waals surface area contributed by atoms with E-state index in [9.17, 15) is 13.2 Å². The van der Waals surface area contributed by atoms with Crippen molar-refractivity contribution in [1.29, 1.82) is 0 Å². The van der Waals surface area contributed by atoms with Gasteiger partial charge in [0, 0.05) is 0 Å². The molecule has 5 heteroatoms. The van der Waals surface area contributed by atoms with E-state index in [-0.39, 0.29) is 17.2 Å². The Hall–Kier alpha value is -1.36. The van der Waals surface area contributed by atoms with Crippen LogP contribution < -0.4 is 0 Å². The zero-order chi connectivity index (χ0) is 13.9. The molecule has 0 aliphatic heterocycles. The maximum atomic E-state index is 12.1. The molecule has 0 bridgehead atoms. The van der Waals surface area contributed by atoms with Crippen LogP contribution in [-0.4, -0.2) is 24.7 Å². The molecule has 4 nitrogen and oxygen atoms in total. The Morgan fingerprint density at radius 3 is 2.28 bits per heavy atom. The maximum Gasteiger partial charge on any atom is 0.335 e. The Balaban J connectivity index is 3.09. The molecular formula is C13H18O4S. The molecule has 1 N–H and O–H groups in total. The minimum atomic E-state index is -3.33. The summed E-state index contributed by atoms with van der Waals surface area (Å²) >= 11 is 0. The molecule has 0 saturated heterocycles. The number of hydrogen-bond donors (Lipinski definition) is 1. The number of benzene rings is 1. The Morgan fingerprint density at radius 1 is 1.22 bits per heavy atom. The van der Waals surface area contributed by atoms with Gasteiger partial charge < -0.3 is 5.11 Å². The third-order valence-corrected chi connectivity index (χ3v) is 5.50. The van der Waals surface area contributed by atoms with Crippen molar-refractivity contribution in [2.75, 3.05) is 0 Å². The molecule has 1 rings (SSSR count). The SMILES string of the molecule is CC(C)C(C)S(=O)(=O)Cc1ccccc1C(=O)O. The number of hydrogen-bond acceptors (Lipinski definition) is 3. The number of aromatic carboxylic acids is 1. The average molecular weight is 270 g/mol. The minimum absolute atomic E-state index is 0.00647. The van der Waals surface area contributed by atoms with E-state index in [0.717, 1.165) is 0 Å². The van der Waals surface area contributed by atoms with Crippen molar-refractivity contribution in [2.24, 2.45) is 5.92 Å². The fraction of sp³-hybridized carbons (Fsp3) is 0.462. The quantitative estimate of drug-likeness (QED) is 0.891. The summed E-state index contributed by atoms with van der Waals surface area (Å²) in [4.78, 5) is 11.0. The van der Waals surface area contributed by atoms with E-state index >= 15 is 0 Å². The summed E-state index contributed by atoms with van der Waals surface area (Å²) in [5.41, 5.74) is 0.398. The van der Waals surface area contributed by atoms with E-state index in [0.29, 0.717) is 5.56 Å². The van der Waals surface area contributed by atoms with Gasteiger partial charge in [-0.3, -0.25) is 0 Å². The first-order valence-electron chi connectivity index (χ1n) is 5.78. The monoisotopic (exact) mass is 270 g/mol. The Morgan fingerprint density at radius 2 is 1.78 bits per heavy atom. The average Bonchev–Trinajstić information content (AvgIpc) is 2.27. The summed E-state index contributed by atoms with van der Waals surface area (Å²) in [6, 6.07) is 6.21. The van der Waals surface area contributed by atoms with Gasteiger partial charge in [-0.1, -0.05) is 32.0 Å². The second-order valence-electron chi connectivity index (χ2n) is 4.72. The highest BCUT2D eigenvalue weighted by molar-refractivity contribution is 7.91. The van der Waals surface area contributed by atoms with Crippen molar-refractivity contribution in [3.8, 4) is 0 Å². The number of rotatable bonds is 5. The molecule has 0 amide bonds. The van der Waals surface area contributed by atoms with Crippen LogP contribution in [0.2, 0.25) is 0 Å². The van der Waals surface area contributed by atoms with Crippen molar-refractivity contribution >= 4 is 15.8 Å². The molecule has 1 atom stereocenters. The molecule has 0 saturated carbocycles. The molecule has 18 heavy (non-hydrogen) atoms. The molecule has 0 aliphatic rings. The zero-order valence-corrected chi connectivity index (χ0v) is 11.6. The van der Waals surface area contributed by atoms with Crippen LogP contribution in [0, 0.1) is 5.92 Å². The van der Waals surface area contributed by atoms with Crippen LogP contribution in [0.5, 0.6) is 0 Å². The van der Waals surface area contributed by atoms with Crippen LogP contribution in [-0.2, 0) is 15.6 Å². The summed E-state index contributed by atoms with van der Waals surface area (Å²) in [7, 11) is -3.33. The van der Waals surface area contributed by atoms with Gasteiger partial charge in [-0.05, 0) is 24.5 Å². The fourth-order valence-electron chi connectivity index (χ4n) is 1.62. The van der Waals surface area contributed by atoms with Gasteiger partial charge in [0.25, 0.3) is 0 Å². The van der Waals surface area contributed by atoms with Crippen molar-refractivity contribution in [2.45, 2.75) is 31.8 Å². The van der Waals surface area contributed by atoms with Gasteiger partial charge in [0.2, 0.25) is 0 Å². The highest BCUT2D eigenvalue weighted by atomic mass is 32.2. The summed E-state index contributed by atoms with van der Waals surface area (Å²) in [5.74, 6) is -1.32. The fourth-order valence-corrected chi connectivity index (χ4v) is 3.40. The van der Waals surface area contributed by atoms with E-state index in [2.05, 4.69) is 0 Å². The number of sulfone groups is 1. The van der Waals surface area contributed by atoms with Gasteiger partial charge >= 0.3 is 5.97 Å². The molecule has 1 aromatic rings. The highest BCUT2D eigenvalue weighted by Gasteiger charge is 2.25. The lowest BCUT2D eigenvalue weighted by molar-refractivity contribution is 0.0696.